The zero-order valence-corrected chi connectivity index (χ0v) is 18.3. The van der Waals surface area contributed by atoms with E-state index < -0.39 is 0 Å². The molecule has 0 unspecified atom stereocenters. The third-order valence-corrected chi connectivity index (χ3v) is 7.06. The number of para-hydroxylation sites is 1. The van der Waals surface area contributed by atoms with E-state index in [1.165, 1.54) is 12.1 Å². The molecule has 1 amide bonds. The second-order valence-electron chi connectivity index (χ2n) is 9.12. The summed E-state index contributed by atoms with van der Waals surface area (Å²) in [6, 6.07) is 14.3. The fourth-order valence-electron chi connectivity index (χ4n) is 5.47. The fraction of sp³-hybridized carbons (Fsp3) is 0.385. The summed E-state index contributed by atoms with van der Waals surface area (Å²) in [6.07, 6.45) is 4.63. The van der Waals surface area contributed by atoms with Gasteiger partial charge in [0.2, 0.25) is 5.43 Å². The van der Waals surface area contributed by atoms with Crippen LogP contribution >= 0.6 is 0 Å². The van der Waals surface area contributed by atoms with Crippen LogP contribution < -0.4 is 5.43 Å². The van der Waals surface area contributed by atoms with E-state index in [2.05, 4.69) is 4.90 Å². The Balaban J connectivity index is 1.35. The number of piperidine rings is 2. The summed E-state index contributed by atoms with van der Waals surface area (Å²) in [5.41, 5.74) is 2.02. The molecule has 166 valence electrons. The molecule has 3 aromatic rings. The van der Waals surface area contributed by atoms with Crippen LogP contribution in [0.2, 0.25) is 0 Å². The Morgan fingerprint density at radius 3 is 2.66 bits per heavy atom. The van der Waals surface area contributed by atoms with Crippen molar-refractivity contribution in [1.82, 2.24) is 14.4 Å². The number of hydrogen-bond acceptors (Lipinski definition) is 3. The summed E-state index contributed by atoms with van der Waals surface area (Å²) in [6.45, 7) is 3.30. The Hall–Kier alpha value is -2.99. The number of nitrogens with zero attached hydrogens (tertiary/aromatic N) is 3. The van der Waals surface area contributed by atoms with Crippen LogP contribution in [0.1, 0.15) is 35.2 Å². The van der Waals surface area contributed by atoms with Gasteiger partial charge in [0, 0.05) is 50.9 Å². The van der Waals surface area contributed by atoms with Crippen molar-refractivity contribution in [3.63, 3.8) is 0 Å². The highest BCUT2D eigenvalue weighted by molar-refractivity contribution is 5.97. The molecule has 2 saturated heterocycles. The van der Waals surface area contributed by atoms with Crippen molar-refractivity contribution in [2.45, 2.75) is 31.8 Å². The normalized spacial score (nSPS) is 21.5. The van der Waals surface area contributed by atoms with Gasteiger partial charge in [-0.25, -0.2) is 4.39 Å². The zero-order chi connectivity index (χ0) is 22.2. The molecule has 32 heavy (non-hydrogen) atoms. The number of amides is 1. The van der Waals surface area contributed by atoms with Gasteiger partial charge in [-0.1, -0.05) is 24.3 Å². The molecule has 1 aromatic heterocycles. The van der Waals surface area contributed by atoms with Crippen molar-refractivity contribution in [1.29, 1.82) is 0 Å². The van der Waals surface area contributed by atoms with E-state index in [-0.39, 0.29) is 28.8 Å². The summed E-state index contributed by atoms with van der Waals surface area (Å²) < 4.78 is 15.1. The van der Waals surface area contributed by atoms with Crippen molar-refractivity contribution in [3.8, 4) is 0 Å². The molecule has 2 fully saturated rings. The number of halogens is 1. The zero-order valence-electron chi connectivity index (χ0n) is 18.3. The third-order valence-electron chi connectivity index (χ3n) is 7.06. The average molecular weight is 434 g/mol. The van der Waals surface area contributed by atoms with E-state index in [1.807, 2.05) is 46.8 Å². The molecule has 0 spiro atoms. The first kappa shape index (κ1) is 20.9. The van der Waals surface area contributed by atoms with E-state index in [9.17, 15) is 14.0 Å². The van der Waals surface area contributed by atoms with Gasteiger partial charge in [-0.15, -0.1) is 0 Å². The predicted molar refractivity (Wildman–Crippen MR) is 123 cm³/mol. The maximum absolute atomic E-state index is 13.5. The van der Waals surface area contributed by atoms with Crippen LogP contribution in [0, 0.1) is 11.7 Å². The molecule has 3 heterocycles. The third kappa shape index (κ3) is 3.84. The number of hydrogen-bond donors (Lipinski definition) is 0. The lowest BCUT2D eigenvalue weighted by Crippen LogP contribution is -2.56. The van der Waals surface area contributed by atoms with Gasteiger partial charge in [-0.3, -0.25) is 14.5 Å². The van der Waals surface area contributed by atoms with Crippen molar-refractivity contribution < 1.29 is 9.18 Å². The van der Waals surface area contributed by atoms with E-state index in [4.69, 9.17) is 0 Å². The Kier molecular flexibility index (Phi) is 5.55. The van der Waals surface area contributed by atoms with Gasteiger partial charge in [-0.2, -0.15) is 0 Å². The number of pyridine rings is 1. The van der Waals surface area contributed by atoms with Crippen LogP contribution in [-0.2, 0) is 13.6 Å². The van der Waals surface area contributed by atoms with Crippen LogP contribution in [0.25, 0.3) is 10.9 Å². The molecule has 0 radical (unpaired) electrons. The summed E-state index contributed by atoms with van der Waals surface area (Å²) in [5.74, 6) is 0.0398. The monoisotopic (exact) mass is 433 g/mol. The van der Waals surface area contributed by atoms with Gasteiger partial charge in [0.1, 0.15) is 11.4 Å². The van der Waals surface area contributed by atoms with E-state index in [0.29, 0.717) is 17.8 Å². The number of fused-ring (bicyclic) bond motifs is 2. The lowest BCUT2D eigenvalue weighted by Gasteiger charge is -2.47. The lowest BCUT2D eigenvalue weighted by atomic mass is 9.83. The maximum atomic E-state index is 13.5. The highest BCUT2D eigenvalue weighted by Crippen LogP contribution is 2.32. The second kappa shape index (κ2) is 8.51. The number of carbonyl (C=O) groups excluding carboxylic acids is 1. The van der Waals surface area contributed by atoms with Gasteiger partial charge >= 0.3 is 0 Å². The first-order valence-corrected chi connectivity index (χ1v) is 11.4. The number of carbonyl (C=O) groups is 1. The molecule has 2 aliphatic rings. The Morgan fingerprint density at radius 2 is 1.84 bits per heavy atom. The minimum absolute atomic E-state index is 0.141. The summed E-state index contributed by atoms with van der Waals surface area (Å²) in [5, 5.41) is 0.587. The molecule has 0 bridgehead atoms. The Morgan fingerprint density at radius 1 is 1.06 bits per heavy atom. The number of aromatic nitrogens is 1. The fourth-order valence-corrected chi connectivity index (χ4v) is 5.47. The quantitative estimate of drug-likeness (QED) is 0.631. The molecule has 6 heteroatoms. The van der Waals surface area contributed by atoms with Crippen molar-refractivity contribution in [2.24, 2.45) is 13.0 Å². The standard InChI is InChI=1S/C26H28FN3O2/c1-28-17-22(25(31)21-6-2-3-7-24(21)28)26(32)30-13-4-5-19-16-29(14-12-23(19)30)15-18-8-10-20(27)11-9-18/h2-3,6-11,17,19,23H,4-5,12-16H2,1H3/t19-,23-/m1/s1. The maximum Gasteiger partial charge on any atom is 0.259 e. The highest BCUT2D eigenvalue weighted by atomic mass is 19.1. The minimum Gasteiger partial charge on any atom is -0.350 e. The molecule has 0 aliphatic carbocycles. The van der Waals surface area contributed by atoms with Crippen LogP contribution in [0.5, 0.6) is 0 Å². The SMILES string of the molecule is Cn1cc(C(=O)N2CCC[C@@H]3CN(Cc4ccc(F)cc4)CC[C@H]32)c(=O)c2ccccc21. The Bertz CT molecular complexity index is 1200. The molecule has 0 saturated carbocycles. The van der Waals surface area contributed by atoms with Gasteiger partial charge in [0.05, 0.1) is 5.52 Å². The van der Waals surface area contributed by atoms with Crippen LogP contribution in [0.4, 0.5) is 4.39 Å². The number of likely N-dealkylation sites (tertiary alicyclic amines) is 2. The first-order chi connectivity index (χ1) is 15.5. The average Bonchev–Trinajstić information content (AvgIpc) is 2.82. The van der Waals surface area contributed by atoms with Crippen LogP contribution in [-0.4, -0.2) is 46.0 Å². The second-order valence-corrected chi connectivity index (χ2v) is 9.12. The van der Waals surface area contributed by atoms with E-state index >= 15 is 0 Å². The van der Waals surface area contributed by atoms with Gasteiger partial charge in [0.15, 0.2) is 0 Å². The van der Waals surface area contributed by atoms with Crippen molar-refractivity contribution in [2.75, 3.05) is 19.6 Å². The summed E-state index contributed by atoms with van der Waals surface area (Å²) >= 11 is 0. The smallest absolute Gasteiger partial charge is 0.259 e. The van der Waals surface area contributed by atoms with Crippen molar-refractivity contribution >= 4 is 16.8 Å². The molecular weight excluding hydrogens is 405 g/mol. The summed E-state index contributed by atoms with van der Waals surface area (Å²) in [4.78, 5) is 31.0. The number of benzene rings is 2. The van der Waals surface area contributed by atoms with Crippen LogP contribution in [0.3, 0.4) is 0 Å². The van der Waals surface area contributed by atoms with Crippen LogP contribution in [0.15, 0.2) is 59.5 Å². The van der Waals surface area contributed by atoms with Gasteiger partial charge in [0.25, 0.3) is 5.91 Å². The lowest BCUT2D eigenvalue weighted by molar-refractivity contribution is 0.0183. The number of rotatable bonds is 3. The molecule has 5 nitrogen and oxygen atoms in total. The van der Waals surface area contributed by atoms with E-state index in [1.54, 1.807) is 12.3 Å². The predicted octanol–water partition coefficient (Wildman–Crippen LogP) is 3.80. The minimum atomic E-state index is -0.214. The summed E-state index contributed by atoms with van der Waals surface area (Å²) in [7, 11) is 1.88. The van der Waals surface area contributed by atoms with Gasteiger partial charge in [-0.05, 0) is 55.0 Å². The molecule has 2 aliphatic heterocycles. The molecular formula is C26H28FN3O2. The molecule has 2 atom stereocenters. The molecule has 5 rings (SSSR count). The first-order valence-electron chi connectivity index (χ1n) is 11.4. The topological polar surface area (TPSA) is 45.6 Å². The number of aryl methyl sites for hydroxylation is 1. The highest BCUT2D eigenvalue weighted by Gasteiger charge is 2.39. The van der Waals surface area contributed by atoms with E-state index in [0.717, 1.165) is 50.0 Å². The van der Waals surface area contributed by atoms with Gasteiger partial charge < -0.3 is 9.47 Å². The Labute approximate surface area is 187 Å². The molecule has 2 aromatic carbocycles. The largest absolute Gasteiger partial charge is 0.350 e. The molecule has 0 N–H and O–H groups in total. The van der Waals surface area contributed by atoms with Crippen molar-refractivity contribution in [3.05, 3.63) is 81.9 Å².